The van der Waals surface area contributed by atoms with E-state index in [0.717, 1.165) is 11.8 Å². The highest BCUT2D eigenvalue weighted by Gasteiger charge is 2.30. The molecule has 1 aromatic rings. The molecule has 0 spiro atoms. The number of hydrogen-bond acceptors (Lipinski definition) is 1. The van der Waals surface area contributed by atoms with Gasteiger partial charge in [0.25, 0.3) is 0 Å². The molecule has 1 aliphatic carbocycles. The second kappa shape index (κ2) is 5.22. The first-order valence-corrected chi connectivity index (χ1v) is 6.83. The summed E-state index contributed by atoms with van der Waals surface area (Å²) in [6.45, 7) is 7.91. The van der Waals surface area contributed by atoms with E-state index in [2.05, 4.69) is 45.3 Å². The lowest BCUT2D eigenvalue weighted by atomic mass is 9.70. The van der Waals surface area contributed by atoms with E-state index in [1.54, 1.807) is 5.56 Å². The van der Waals surface area contributed by atoms with Crippen LogP contribution in [-0.4, -0.2) is 13.6 Å². The fourth-order valence-electron chi connectivity index (χ4n) is 3.23. The van der Waals surface area contributed by atoms with Gasteiger partial charge in [-0.15, -0.1) is 0 Å². The quantitative estimate of drug-likeness (QED) is 0.837. The zero-order chi connectivity index (χ0) is 12.4. The maximum Gasteiger partial charge on any atom is -0.00208 e. The molecule has 2 rings (SSSR count). The zero-order valence-electron chi connectivity index (χ0n) is 11.6. The van der Waals surface area contributed by atoms with Crippen LogP contribution in [-0.2, 0) is 6.42 Å². The van der Waals surface area contributed by atoms with Crippen molar-refractivity contribution in [3.8, 4) is 0 Å². The van der Waals surface area contributed by atoms with Crippen molar-refractivity contribution in [1.29, 1.82) is 0 Å². The van der Waals surface area contributed by atoms with Crippen molar-refractivity contribution in [2.24, 2.45) is 11.8 Å². The Kier molecular flexibility index (Phi) is 3.88. The van der Waals surface area contributed by atoms with E-state index in [1.807, 2.05) is 0 Å². The minimum absolute atomic E-state index is 0.903. The SMILES string of the molecule is CNCC1CCC1Cc1c(C)cc(C)cc1C. The Hall–Kier alpha value is -0.820. The summed E-state index contributed by atoms with van der Waals surface area (Å²) in [5.41, 5.74) is 5.96. The maximum absolute atomic E-state index is 3.32. The van der Waals surface area contributed by atoms with E-state index >= 15 is 0 Å². The van der Waals surface area contributed by atoms with E-state index in [-0.39, 0.29) is 0 Å². The van der Waals surface area contributed by atoms with Crippen LogP contribution in [0.25, 0.3) is 0 Å². The highest BCUT2D eigenvalue weighted by atomic mass is 14.8. The Morgan fingerprint density at radius 3 is 2.12 bits per heavy atom. The van der Waals surface area contributed by atoms with Gasteiger partial charge in [0.2, 0.25) is 0 Å². The lowest BCUT2D eigenvalue weighted by Gasteiger charge is -2.37. The van der Waals surface area contributed by atoms with Crippen molar-refractivity contribution in [3.63, 3.8) is 0 Å². The molecule has 1 N–H and O–H groups in total. The molecule has 1 fully saturated rings. The molecule has 1 aliphatic rings. The highest BCUT2D eigenvalue weighted by Crippen LogP contribution is 2.37. The summed E-state index contributed by atoms with van der Waals surface area (Å²) in [7, 11) is 2.07. The monoisotopic (exact) mass is 231 g/mol. The molecule has 0 radical (unpaired) electrons. The average molecular weight is 231 g/mol. The van der Waals surface area contributed by atoms with E-state index in [0.29, 0.717) is 0 Å². The second-order valence-corrected chi connectivity index (χ2v) is 5.74. The van der Waals surface area contributed by atoms with Crippen LogP contribution in [0, 0.1) is 32.6 Å². The molecule has 0 heterocycles. The molecule has 0 aromatic heterocycles. The lowest BCUT2D eigenvalue weighted by molar-refractivity contribution is 0.173. The predicted molar refractivity (Wildman–Crippen MR) is 74.5 cm³/mol. The Morgan fingerprint density at radius 1 is 1.06 bits per heavy atom. The Morgan fingerprint density at radius 2 is 1.65 bits per heavy atom. The molecule has 2 atom stereocenters. The molecular formula is C16H25N. The summed E-state index contributed by atoms with van der Waals surface area (Å²) in [5, 5.41) is 3.32. The fourth-order valence-corrected chi connectivity index (χ4v) is 3.23. The van der Waals surface area contributed by atoms with Crippen LogP contribution in [0.4, 0.5) is 0 Å². The van der Waals surface area contributed by atoms with Gasteiger partial charge in [0, 0.05) is 0 Å². The van der Waals surface area contributed by atoms with Gasteiger partial charge in [0.05, 0.1) is 0 Å². The van der Waals surface area contributed by atoms with Crippen LogP contribution in [0.15, 0.2) is 12.1 Å². The van der Waals surface area contributed by atoms with Crippen LogP contribution < -0.4 is 5.32 Å². The summed E-state index contributed by atoms with van der Waals surface area (Å²) in [6.07, 6.45) is 4.11. The molecule has 0 aliphatic heterocycles. The van der Waals surface area contributed by atoms with Gasteiger partial charge in [-0.2, -0.15) is 0 Å². The third-order valence-electron chi connectivity index (χ3n) is 4.35. The molecule has 94 valence electrons. The standard InChI is InChI=1S/C16H25N/c1-11-7-12(2)16(13(3)8-11)9-14-5-6-15(14)10-17-4/h7-8,14-15,17H,5-6,9-10H2,1-4H3. The van der Waals surface area contributed by atoms with Gasteiger partial charge in [-0.05, 0) is 82.2 Å². The molecule has 1 aromatic carbocycles. The highest BCUT2D eigenvalue weighted by molar-refractivity contribution is 5.37. The van der Waals surface area contributed by atoms with Crippen molar-refractivity contribution < 1.29 is 0 Å². The van der Waals surface area contributed by atoms with Gasteiger partial charge in [-0.3, -0.25) is 0 Å². The zero-order valence-corrected chi connectivity index (χ0v) is 11.6. The number of aryl methyl sites for hydroxylation is 3. The van der Waals surface area contributed by atoms with Crippen molar-refractivity contribution >= 4 is 0 Å². The normalized spacial score (nSPS) is 23.5. The first-order chi connectivity index (χ1) is 8.11. The summed E-state index contributed by atoms with van der Waals surface area (Å²) >= 11 is 0. The van der Waals surface area contributed by atoms with Crippen LogP contribution in [0.5, 0.6) is 0 Å². The molecule has 1 saturated carbocycles. The number of nitrogens with one attached hydrogen (secondary N) is 1. The first-order valence-electron chi connectivity index (χ1n) is 6.83. The molecule has 17 heavy (non-hydrogen) atoms. The second-order valence-electron chi connectivity index (χ2n) is 5.74. The van der Waals surface area contributed by atoms with Gasteiger partial charge in [0.1, 0.15) is 0 Å². The van der Waals surface area contributed by atoms with Gasteiger partial charge in [0.15, 0.2) is 0 Å². The molecule has 0 bridgehead atoms. The number of benzene rings is 1. The smallest absolute Gasteiger partial charge is 0.00208 e. The third-order valence-corrected chi connectivity index (χ3v) is 4.35. The molecule has 0 amide bonds. The Balaban J connectivity index is 2.09. The number of rotatable bonds is 4. The van der Waals surface area contributed by atoms with Gasteiger partial charge in [-0.25, -0.2) is 0 Å². The van der Waals surface area contributed by atoms with E-state index in [4.69, 9.17) is 0 Å². The van der Waals surface area contributed by atoms with Crippen LogP contribution in [0.2, 0.25) is 0 Å². The van der Waals surface area contributed by atoms with Crippen molar-refractivity contribution in [1.82, 2.24) is 5.32 Å². The van der Waals surface area contributed by atoms with E-state index < -0.39 is 0 Å². The van der Waals surface area contributed by atoms with Crippen LogP contribution in [0.1, 0.15) is 35.1 Å². The average Bonchev–Trinajstić information content (AvgIpc) is 2.23. The molecule has 1 heteroatoms. The van der Waals surface area contributed by atoms with Crippen LogP contribution >= 0.6 is 0 Å². The largest absolute Gasteiger partial charge is 0.319 e. The predicted octanol–water partition coefficient (Wildman–Crippen LogP) is 3.40. The van der Waals surface area contributed by atoms with E-state index in [1.165, 1.54) is 42.5 Å². The Labute approximate surface area is 106 Å². The van der Waals surface area contributed by atoms with Crippen molar-refractivity contribution in [2.75, 3.05) is 13.6 Å². The minimum Gasteiger partial charge on any atom is -0.319 e. The topological polar surface area (TPSA) is 12.0 Å². The molecule has 0 saturated heterocycles. The maximum atomic E-state index is 3.32. The van der Waals surface area contributed by atoms with Gasteiger partial charge >= 0.3 is 0 Å². The summed E-state index contributed by atoms with van der Waals surface area (Å²) < 4.78 is 0. The number of hydrogen-bond donors (Lipinski definition) is 1. The molecule has 2 unspecified atom stereocenters. The first kappa shape index (κ1) is 12.6. The third kappa shape index (κ3) is 2.71. The minimum atomic E-state index is 0.903. The van der Waals surface area contributed by atoms with E-state index in [9.17, 15) is 0 Å². The lowest BCUT2D eigenvalue weighted by Crippen LogP contribution is -2.35. The Bertz CT molecular complexity index is 372. The molecule has 1 nitrogen and oxygen atoms in total. The summed E-state index contributed by atoms with van der Waals surface area (Å²) in [5.74, 6) is 1.81. The van der Waals surface area contributed by atoms with Crippen LogP contribution in [0.3, 0.4) is 0 Å². The van der Waals surface area contributed by atoms with Crippen molar-refractivity contribution in [3.05, 3.63) is 34.4 Å². The summed E-state index contributed by atoms with van der Waals surface area (Å²) in [6, 6.07) is 4.65. The van der Waals surface area contributed by atoms with Gasteiger partial charge < -0.3 is 5.32 Å². The van der Waals surface area contributed by atoms with Gasteiger partial charge in [-0.1, -0.05) is 17.7 Å². The van der Waals surface area contributed by atoms with Crippen molar-refractivity contribution in [2.45, 2.75) is 40.0 Å². The fraction of sp³-hybridized carbons (Fsp3) is 0.625. The molecular weight excluding hydrogens is 206 g/mol. The summed E-state index contributed by atoms with van der Waals surface area (Å²) in [4.78, 5) is 0.